The molecule has 0 aliphatic heterocycles. The molecule has 16 heavy (non-hydrogen) atoms. The van der Waals surface area contributed by atoms with E-state index in [4.69, 9.17) is 11.6 Å². The lowest BCUT2D eigenvalue weighted by Crippen LogP contribution is -2.16. The van der Waals surface area contributed by atoms with Gasteiger partial charge in [0.05, 0.1) is 0 Å². The molecule has 1 nitrogen and oxygen atoms in total. The molecule has 1 aromatic carbocycles. The van der Waals surface area contributed by atoms with Gasteiger partial charge in [-0.2, -0.15) is 11.8 Å². The molecule has 0 saturated carbocycles. The van der Waals surface area contributed by atoms with Gasteiger partial charge in [0.15, 0.2) is 0 Å². The van der Waals surface area contributed by atoms with E-state index in [1.54, 1.807) is 0 Å². The highest BCUT2D eigenvalue weighted by atomic mass is 35.5. The quantitative estimate of drug-likeness (QED) is 0.602. The van der Waals surface area contributed by atoms with Gasteiger partial charge >= 0.3 is 0 Å². The Hall–Kier alpha value is -0.150. The fourth-order valence-corrected chi connectivity index (χ4v) is 2.00. The second kappa shape index (κ2) is 10.0. The first-order chi connectivity index (χ1) is 7.34. The van der Waals surface area contributed by atoms with Crippen LogP contribution in [0, 0.1) is 0 Å². The number of rotatable bonds is 7. The van der Waals surface area contributed by atoms with Gasteiger partial charge in [-0.1, -0.05) is 35.9 Å². The molecule has 1 rings (SSSR count). The minimum Gasteiger partial charge on any atom is -0.312 e. The lowest BCUT2D eigenvalue weighted by molar-refractivity contribution is 0.732. The Balaban J connectivity index is 0.00000225. The van der Waals surface area contributed by atoms with Gasteiger partial charge in [0.2, 0.25) is 0 Å². The fraction of sp³-hybridized carbons (Fsp3) is 0.333. The maximum atomic E-state index is 6.03. The van der Waals surface area contributed by atoms with E-state index in [2.05, 4.69) is 11.9 Å². The summed E-state index contributed by atoms with van der Waals surface area (Å²) in [5.41, 5.74) is 1.16. The first kappa shape index (κ1) is 15.9. The zero-order chi connectivity index (χ0) is 10.9. The van der Waals surface area contributed by atoms with Crippen LogP contribution in [0.5, 0.6) is 0 Å². The summed E-state index contributed by atoms with van der Waals surface area (Å²) in [6.07, 6.45) is 1.93. The van der Waals surface area contributed by atoms with E-state index in [0.717, 1.165) is 35.2 Å². The van der Waals surface area contributed by atoms with Crippen molar-refractivity contribution in [1.82, 2.24) is 5.32 Å². The molecule has 0 bridgehead atoms. The van der Waals surface area contributed by atoms with Crippen LogP contribution in [-0.4, -0.2) is 18.1 Å². The fourth-order valence-electron chi connectivity index (χ4n) is 1.18. The molecule has 0 atom stereocenters. The predicted octanol–water partition coefficient (Wildman–Crippen LogP) is 3.77. The van der Waals surface area contributed by atoms with E-state index in [-0.39, 0.29) is 12.4 Å². The second-order valence-corrected chi connectivity index (χ2v) is 4.69. The van der Waals surface area contributed by atoms with Crippen LogP contribution in [0.3, 0.4) is 0 Å². The molecule has 0 fully saturated rings. The molecular formula is C12H17Cl2NS. The molecule has 0 saturated heterocycles. The average molecular weight is 278 g/mol. The van der Waals surface area contributed by atoms with E-state index in [1.807, 2.05) is 42.1 Å². The summed E-state index contributed by atoms with van der Waals surface area (Å²) >= 11 is 7.91. The summed E-state index contributed by atoms with van der Waals surface area (Å²) in [6, 6.07) is 7.93. The first-order valence-corrected chi connectivity index (χ1v) is 6.50. The number of nitrogens with one attached hydrogen (secondary N) is 1. The molecular weight excluding hydrogens is 261 g/mol. The maximum absolute atomic E-state index is 6.03. The minimum atomic E-state index is 0. The van der Waals surface area contributed by atoms with Gasteiger partial charge in [-0.05, 0) is 11.6 Å². The molecule has 90 valence electrons. The lowest BCUT2D eigenvalue weighted by Gasteiger charge is -2.05. The largest absolute Gasteiger partial charge is 0.312 e. The highest BCUT2D eigenvalue weighted by molar-refractivity contribution is 7.99. The van der Waals surface area contributed by atoms with Crippen LogP contribution in [-0.2, 0) is 6.54 Å². The Kier molecular flexibility index (Phi) is 9.94. The van der Waals surface area contributed by atoms with Gasteiger partial charge in [-0.25, -0.2) is 0 Å². The molecule has 0 spiro atoms. The number of halogens is 2. The van der Waals surface area contributed by atoms with Crippen molar-refractivity contribution in [2.75, 3.05) is 18.1 Å². The average Bonchev–Trinajstić information content (AvgIpc) is 2.25. The van der Waals surface area contributed by atoms with Gasteiger partial charge < -0.3 is 5.32 Å². The highest BCUT2D eigenvalue weighted by Gasteiger charge is 1.97. The van der Waals surface area contributed by atoms with Crippen LogP contribution in [0.15, 0.2) is 36.9 Å². The number of hydrogen-bond acceptors (Lipinski definition) is 2. The number of hydrogen-bond donors (Lipinski definition) is 1. The summed E-state index contributed by atoms with van der Waals surface area (Å²) in [7, 11) is 0. The topological polar surface area (TPSA) is 12.0 Å². The molecule has 0 unspecified atom stereocenters. The Labute approximate surface area is 113 Å². The Morgan fingerprint density at radius 1 is 1.38 bits per heavy atom. The van der Waals surface area contributed by atoms with Crippen molar-refractivity contribution in [3.8, 4) is 0 Å². The summed E-state index contributed by atoms with van der Waals surface area (Å²) in [6.45, 7) is 5.52. The summed E-state index contributed by atoms with van der Waals surface area (Å²) in [5.74, 6) is 2.13. The van der Waals surface area contributed by atoms with Crippen LogP contribution >= 0.6 is 35.8 Å². The van der Waals surface area contributed by atoms with Crippen LogP contribution in [0.25, 0.3) is 0 Å². The minimum absolute atomic E-state index is 0. The summed E-state index contributed by atoms with van der Waals surface area (Å²) < 4.78 is 0. The third-order valence-corrected chi connectivity index (χ3v) is 3.27. The second-order valence-electron chi connectivity index (χ2n) is 3.13. The third-order valence-electron chi connectivity index (χ3n) is 1.93. The van der Waals surface area contributed by atoms with Crippen molar-refractivity contribution in [3.05, 3.63) is 47.5 Å². The van der Waals surface area contributed by atoms with Crippen molar-refractivity contribution in [1.29, 1.82) is 0 Å². The summed E-state index contributed by atoms with van der Waals surface area (Å²) in [5, 5.41) is 4.20. The molecule has 0 heterocycles. The van der Waals surface area contributed by atoms with E-state index in [0.29, 0.717) is 0 Å². The molecule has 0 aliphatic carbocycles. The van der Waals surface area contributed by atoms with Gasteiger partial charge in [0.1, 0.15) is 0 Å². The molecule has 1 aromatic rings. The highest BCUT2D eigenvalue weighted by Crippen LogP contribution is 2.14. The smallest absolute Gasteiger partial charge is 0.0450 e. The zero-order valence-corrected chi connectivity index (χ0v) is 11.5. The standard InChI is InChI=1S/C12H16ClNS.ClH/c1-2-8-15-9-7-14-10-11-5-3-4-6-12(11)13;/h2-6,14H,1,7-10H2;1H. The molecule has 4 heteroatoms. The Bertz CT molecular complexity index is 305. The van der Waals surface area contributed by atoms with Gasteiger partial charge in [-0.15, -0.1) is 19.0 Å². The molecule has 0 amide bonds. The first-order valence-electron chi connectivity index (χ1n) is 4.97. The van der Waals surface area contributed by atoms with Crippen molar-refractivity contribution < 1.29 is 0 Å². The van der Waals surface area contributed by atoms with Crippen LogP contribution in [0.2, 0.25) is 5.02 Å². The summed E-state index contributed by atoms with van der Waals surface area (Å²) in [4.78, 5) is 0. The predicted molar refractivity (Wildman–Crippen MR) is 77.9 cm³/mol. The Morgan fingerprint density at radius 3 is 2.81 bits per heavy atom. The lowest BCUT2D eigenvalue weighted by atomic mass is 10.2. The van der Waals surface area contributed by atoms with Crippen molar-refractivity contribution in [2.24, 2.45) is 0 Å². The maximum Gasteiger partial charge on any atom is 0.0450 e. The number of thioether (sulfide) groups is 1. The molecule has 0 aromatic heterocycles. The Morgan fingerprint density at radius 2 is 2.12 bits per heavy atom. The van der Waals surface area contributed by atoms with Crippen molar-refractivity contribution in [3.63, 3.8) is 0 Å². The van der Waals surface area contributed by atoms with E-state index < -0.39 is 0 Å². The van der Waals surface area contributed by atoms with Gasteiger partial charge in [0.25, 0.3) is 0 Å². The zero-order valence-electron chi connectivity index (χ0n) is 9.12. The van der Waals surface area contributed by atoms with Crippen molar-refractivity contribution >= 4 is 35.8 Å². The van der Waals surface area contributed by atoms with E-state index in [9.17, 15) is 0 Å². The normalized spacial score (nSPS) is 9.56. The van der Waals surface area contributed by atoms with Crippen LogP contribution in [0.1, 0.15) is 5.56 Å². The van der Waals surface area contributed by atoms with Gasteiger partial charge in [0, 0.05) is 29.6 Å². The van der Waals surface area contributed by atoms with Gasteiger partial charge in [-0.3, -0.25) is 0 Å². The number of benzene rings is 1. The SMILES string of the molecule is C=CCSCCNCc1ccccc1Cl.Cl. The third kappa shape index (κ3) is 6.44. The van der Waals surface area contributed by atoms with Crippen molar-refractivity contribution in [2.45, 2.75) is 6.54 Å². The van der Waals surface area contributed by atoms with E-state index in [1.165, 1.54) is 0 Å². The van der Waals surface area contributed by atoms with Crippen LogP contribution in [0.4, 0.5) is 0 Å². The molecule has 1 N–H and O–H groups in total. The van der Waals surface area contributed by atoms with E-state index >= 15 is 0 Å². The molecule has 0 aliphatic rings. The van der Waals surface area contributed by atoms with Crippen LogP contribution < -0.4 is 5.32 Å². The monoisotopic (exact) mass is 277 g/mol. The molecule has 0 radical (unpaired) electrons.